The molecule has 0 aliphatic heterocycles. The van der Waals surface area contributed by atoms with Crippen molar-refractivity contribution in [2.75, 3.05) is 18.3 Å². The number of methoxy groups -OCH3 is 1. The molecule has 0 atom stereocenters. The molecule has 1 rings (SSSR count). The molecule has 1 aromatic rings. The first kappa shape index (κ1) is 13.3. The number of anilines is 1. The molecule has 1 aromatic carbocycles. The molecule has 0 aromatic heterocycles. The van der Waals surface area contributed by atoms with Gasteiger partial charge in [0.2, 0.25) is 5.91 Å². The van der Waals surface area contributed by atoms with Crippen molar-refractivity contribution in [3.63, 3.8) is 0 Å². The van der Waals surface area contributed by atoms with Crippen LogP contribution in [0.1, 0.15) is 5.56 Å². The summed E-state index contributed by atoms with van der Waals surface area (Å²) in [5.74, 6) is -0.752. The van der Waals surface area contributed by atoms with Gasteiger partial charge in [-0.05, 0) is 23.8 Å². The van der Waals surface area contributed by atoms with Gasteiger partial charge in [0.05, 0.1) is 7.11 Å². The van der Waals surface area contributed by atoms with E-state index < -0.39 is 5.97 Å². The fourth-order valence-corrected chi connectivity index (χ4v) is 1.17. The van der Waals surface area contributed by atoms with Crippen molar-refractivity contribution in [2.24, 2.45) is 0 Å². The van der Waals surface area contributed by atoms with Crippen LogP contribution in [0.25, 0.3) is 6.08 Å². The van der Waals surface area contributed by atoms with E-state index in [-0.39, 0.29) is 11.8 Å². The fraction of sp³-hybridized carbons (Fsp3) is 0.167. The number of alkyl halides is 1. The zero-order chi connectivity index (χ0) is 12.7. The summed E-state index contributed by atoms with van der Waals surface area (Å²) < 4.78 is 4.47. The number of rotatable bonds is 4. The number of carbonyl (C=O) groups is 2. The maximum absolute atomic E-state index is 11.0. The van der Waals surface area contributed by atoms with Crippen LogP contribution in [0.15, 0.2) is 30.3 Å². The summed E-state index contributed by atoms with van der Waals surface area (Å²) in [6.07, 6.45) is 2.95. The van der Waals surface area contributed by atoms with Gasteiger partial charge in [-0.3, -0.25) is 4.79 Å². The van der Waals surface area contributed by atoms with E-state index in [1.165, 1.54) is 13.2 Å². The van der Waals surface area contributed by atoms with Crippen molar-refractivity contribution < 1.29 is 14.3 Å². The highest BCUT2D eigenvalue weighted by Gasteiger charge is 1.99. The maximum Gasteiger partial charge on any atom is 0.330 e. The van der Waals surface area contributed by atoms with Crippen molar-refractivity contribution in [3.8, 4) is 0 Å². The molecule has 0 radical (unpaired) electrons. The van der Waals surface area contributed by atoms with Crippen molar-refractivity contribution >= 4 is 35.2 Å². The second-order valence-electron chi connectivity index (χ2n) is 3.16. The van der Waals surface area contributed by atoms with Gasteiger partial charge in [-0.2, -0.15) is 0 Å². The molecule has 0 saturated heterocycles. The van der Waals surface area contributed by atoms with Crippen LogP contribution in [0, 0.1) is 0 Å². The average molecular weight is 254 g/mol. The number of esters is 1. The Bertz CT molecular complexity index is 426. The molecule has 0 bridgehead atoms. The van der Waals surface area contributed by atoms with Crippen LogP contribution in [-0.4, -0.2) is 24.9 Å². The van der Waals surface area contributed by atoms with Crippen molar-refractivity contribution in [2.45, 2.75) is 0 Å². The van der Waals surface area contributed by atoms with Crippen LogP contribution >= 0.6 is 11.6 Å². The molecule has 17 heavy (non-hydrogen) atoms. The molecule has 0 aliphatic carbocycles. The third kappa shape index (κ3) is 4.70. The van der Waals surface area contributed by atoms with Crippen molar-refractivity contribution in [1.82, 2.24) is 0 Å². The van der Waals surface area contributed by atoms with Gasteiger partial charge in [0.1, 0.15) is 5.88 Å². The standard InChI is InChI=1S/C12H12ClNO3/c1-17-12(16)7-4-9-2-5-10(6-3-9)14-11(15)8-13/h2-7H,8H2,1H3,(H,14,15). The quantitative estimate of drug-likeness (QED) is 0.508. The van der Waals surface area contributed by atoms with Gasteiger partial charge < -0.3 is 10.1 Å². The summed E-state index contributed by atoms with van der Waals surface area (Å²) in [7, 11) is 1.32. The Labute approximate surface area is 104 Å². The largest absolute Gasteiger partial charge is 0.466 e. The number of carbonyl (C=O) groups excluding carboxylic acids is 2. The normalized spacial score (nSPS) is 10.2. The van der Waals surface area contributed by atoms with E-state index in [0.717, 1.165) is 5.56 Å². The Morgan fingerprint density at radius 3 is 2.53 bits per heavy atom. The first-order chi connectivity index (χ1) is 8.15. The lowest BCUT2D eigenvalue weighted by atomic mass is 10.2. The fourth-order valence-electron chi connectivity index (χ4n) is 1.10. The number of ether oxygens (including phenoxy) is 1. The van der Waals surface area contributed by atoms with Gasteiger partial charge in [0.15, 0.2) is 0 Å². The van der Waals surface area contributed by atoms with Crippen molar-refractivity contribution in [3.05, 3.63) is 35.9 Å². The van der Waals surface area contributed by atoms with Crippen LogP contribution in [0.3, 0.4) is 0 Å². The van der Waals surface area contributed by atoms with Crippen LogP contribution in [-0.2, 0) is 14.3 Å². The van der Waals surface area contributed by atoms with Crippen LogP contribution in [0.4, 0.5) is 5.69 Å². The highest BCUT2D eigenvalue weighted by Crippen LogP contribution is 2.10. The van der Waals surface area contributed by atoms with Gasteiger partial charge >= 0.3 is 5.97 Å². The number of nitrogens with one attached hydrogen (secondary N) is 1. The highest BCUT2D eigenvalue weighted by atomic mass is 35.5. The predicted octanol–water partition coefficient (Wildman–Crippen LogP) is 2.05. The molecule has 4 nitrogen and oxygen atoms in total. The zero-order valence-corrected chi connectivity index (χ0v) is 10.0. The topological polar surface area (TPSA) is 55.4 Å². The molecule has 0 spiro atoms. The highest BCUT2D eigenvalue weighted by molar-refractivity contribution is 6.29. The van der Waals surface area contributed by atoms with E-state index in [1.54, 1.807) is 30.3 Å². The molecule has 0 aliphatic rings. The van der Waals surface area contributed by atoms with Gasteiger partial charge in [-0.25, -0.2) is 4.79 Å². The Kier molecular flexibility index (Phi) is 5.23. The van der Waals surface area contributed by atoms with E-state index in [1.807, 2.05) is 0 Å². The van der Waals surface area contributed by atoms with E-state index in [4.69, 9.17) is 11.6 Å². The minimum Gasteiger partial charge on any atom is -0.466 e. The first-order valence-electron chi connectivity index (χ1n) is 4.87. The van der Waals surface area contributed by atoms with E-state index in [9.17, 15) is 9.59 Å². The number of benzene rings is 1. The summed E-state index contributed by atoms with van der Waals surface area (Å²) in [6.45, 7) is 0. The number of amides is 1. The molecule has 1 amide bonds. The van der Waals surface area contributed by atoms with Gasteiger partial charge in [-0.1, -0.05) is 12.1 Å². The second-order valence-corrected chi connectivity index (χ2v) is 3.43. The summed E-state index contributed by atoms with van der Waals surface area (Å²) in [6, 6.07) is 6.98. The lowest BCUT2D eigenvalue weighted by Gasteiger charge is -2.02. The number of hydrogen-bond acceptors (Lipinski definition) is 3. The van der Waals surface area contributed by atoms with Crippen LogP contribution < -0.4 is 5.32 Å². The minimum absolute atomic E-state index is 0.0794. The van der Waals surface area contributed by atoms with Crippen molar-refractivity contribution in [1.29, 1.82) is 0 Å². The van der Waals surface area contributed by atoms with Crippen LogP contribution in [0.2, 0.25) is 0 Å². The number of hydrogen-bond donors (Lipinski definition) is 1. The lowest BCUT2D eigenvalue weighted by molar-refractivity contribution is -0.134. The first-order valence-corrected chi connectivity index (χ1v) is 5.41. The van der Waals surface area contributed by atoms with Gasteiger partial charge in [0, 0.05) is 11.8 Å². The lowest BCUT2D eigenvalue weighted by Crippen LogP contribution is -2.12. The Morgan fingerprint density at radius 1 is 1.35 bits per heavy atom. The van der Waals surface area contributed by atoms with Crippen LogP contribution in [0.5, 0.6) is 0 Å². The molecule has 1 N–H and O–H groups in total. The Morgan fingerprint density at radius 2 is 2.00 bits per heavy atom. The van der Waals surface area contributed by atoms with Gasteiger partial charge in [0.25, 0.3) is 0 Å². The predicted molar refractivity (Wildman–Crippen MR) is 66.8 cm³/mol. The molecular weight excluding hydrogens is 242 g/mol. The summed E-state index contributed by atoms with van der Waals surface area (Å²) in [4.78, 5) is 21.9. The summed E-state index contributed by atoms with van der Waals surface area (Å²) in [5.41, 5.74) is 1.49. The molecule has 90 valence electrons. The minimum atomic E-state index is -0.412. The maximum atomic E-state index is 11.0. The molecule has 0 saturated carbocycles. The third-order valence-electron chi connectivity index (χ3n) is 1.93. The molecule has 0 heterocycles. The summed E-state index contributed by atoms with van der Waals surface area (Å²) in [5, 5.41) is 2.61. The third-order valence-corrected chi connectivity index (χ3v) is 2.17. The van der Waals surface area contributed by atoms with E-state index >= 15 is 0 Å². The average Bonchev–Trinajstić information content (AvgIpc) is 2.37. The molecule has 5 heteroatoms. The van der Waals surface area contributed by atoms with E-state index in [0.29, 0.717) is 5.69 Å². The zero-order valence-electron chi connectivity index (χ0n) is 9.27. The van der Waals surface area contributed by atoms with E-state index in [2.05, 4.69) is 10.1 Å². The molecule has 0 fully saturated rings. The Balaban J connectivity index is 2.65. The summed E-state index contributed by atoms with van der Waals surface area (Å²) >= 11 is 5.36. The monoisotopic (exact) mass is 253 g/mol. The number of halogens is 1. The molecule has 0 unspecified atom stereocenters. The SMILES string of the molecule is COC(=O)C=Cc1ccc(NC(=O)CCl)cc1. The Hall–Kier alpha value is -1.81. The smallest absolute Gasteiger partial charge is 0.330 e. The second kappa shape index (κ2) is 6.70. The molecular formula is C12H12ClNO3. The van der Waals surface area contributed by atoms with Gasteiger partial charge in [-0.15, -0.1) is 11.6 Å².